The molecule has 0 saturated carbocycles. The van der Waals surface area contributed by atoms with Gasteiger partial charge in [-0.2, -0.15) is 0 Å². The first-order chi connectivity index (χ1) is 8.11. The number of carbonyl (C=O) groups is 1. The van der Waals surface area contributed by atoms with Gasteiger partial charge in [-0.3, -0.25) is 4.79 Å². The zero-order chi connectivity index (χ0) is 12.4. The molecule has 0 spiro atoms. The molecule has 1 aromatic heterocycles. The Bertz CT molecular complexity index is 550. The molecule has 0 saturated heterocycles. The van der Waals surface area contributed by atoms with Crippen molar-refractivity contribution in [3.05, 3.63) is 47.2 Å². The smallest absolute Gasteiger partial charge is 0.197 e. The molecular formula is C15H16O2. The maximum Gasteiger partial charge on any atom is 0.197 e. The van der Waals surface area contributed by atoms with Crippen molar-refractivity contribution in [2.75, 3.05) is 0 Å². The van der Waals surface area contributed by atoms with Gasteiger partial charge >= 0.3 is 0 Å². The molecule has 2 heteroatoms. The predicted molar refractivity (Wildman–Crippen MR) is 68.2 cm³/mol. The van der Waals surface area contributed by atoms with Crippen molar-refractivity contribution < 1.29 is 9.21 Å². The van der Waals surface area contributed by atoms with Crippen LogP contribution in [0, 0.1) is 13.8 Å². The highest BCUT2D eigenvalue weighted by Crippen LogP contribution is 2.26. The third-order valence-electron chi connectivity index (χ3n) is 2.86. The molecule has 2 rings (SSSR count). The van der Waals surface area contributed by atoms with Gasteiger partial charge in [0, 0.05) is 12.0 Å². The van der Waals surface area contributed by atoms with E-state index in [1.54, 1.807) is 6.07 Å². The summed E-state index contributed by atoms with van der Waals surface area (Å²) in [5.41, 5.74) is 3.39. The molecule has 0 N–H and O–H groups in total. The molecule has 1 heterocycles. The maximum atomic E-state index is 11.5. The van der Waals surface area contributed by atoms with E-state index >= 15 is 0 Å². The van der Waals surface area contributed by atoms with Crippen LogP contribution >= 0.6 is 0 Å². The number of hydrogen-bond acceptors (Lipinski definition) is 2. The van der Waals surface area contributed by atoms with Crippen molar-refractivity contribution in [1.82, 2.24) is 0 Å². The van der Waals surface area contributed by atoms with Gasteiger partial charge in [-0.25, -0.2) is 0 Å². The Morgan fingerprint density at radius 2 is 1.94 bits per heavy atom. The van der Waals surface area contributed by atoms with E-state index < -0.39 is 0 Å². The largest absolute Gasteiger partial charge is 0.453 e. The van der Waals surface area contributed by atoms with Gasteiger partial charge in [-0.1, -0.05) is 24.6 Å². The number of ketones is 1. The third-order valence-corrected chi connectivity index (χ3v) is 2.86. The van der Waals surface area contributed by atoms with E-state index in [9.17, 15) is 4.79 Å². The van der Waals surface area contributed by atoms with Gasteiger partial charge in [-0.05, 0) is 37.6 Å². The minimum atomic E-state index is 0.0431. The van der Waals surface area contributed by atoms with Crippen LogP contribution < -0.4 is 0 Å². The Balaban J connectivity index is 2.43. The summed E-state index contributed by atoms with van der Waals surface area (Å²) in [5, 5.41) is 0. The fourth-order valence-electron chi connectivity index (χ4n) is 1.81. The molecule has 2 nitrogen and oxygen atoms in total. The molecular weight excluding hydrogens is 212 g/mol. The van der Waals surface area contributed by atoms with E-state index in [0.717, 1.165) is 16.9 Å². The van der Waals surface area contributed by atoms with Crippen molar-refractivity contribution >= 4 is 5.78 Å². The Morgan fingerprint density at radius 3 is 2.65 bits per heavy atom. The zero-order valence-electron chi connectivity index (χ0n) is 10.4. The van der Waals surface area contributed by atoms with Gasteiger partial charge in [-0.15, -0.1) is 0 Å². The minimum absolute atomic E-state index is 0.0431. The summed E-state index contributed by atoms with van der Waals surface area (Å²) < 4.78 is 5.61. The SMILES string of the molecule is CCC(=O)c1ccc(-c2cc(C)ccc2C)o1. The number of hydrogen-bond donors (Lipinski definition) is 0. The number of benzene rings is 1. The normalized spacial score (nSPS) is 10.5. The van der Waals surface area contributed by atoms with E-state index in [2.05, 4.69) is 18.2 Å². The van der Waals surface area contributed by atoms with Crippen LogP contribution in [0.2, 0.25) is 0 Å². The third kappa shape index (κ3) is 2.31. The van der Waals surface area contributed by atoms with Gasteiger partial charge in [0.25, 0.3) is 0 Å². The standard InChI is InChI=1S/C15H16O2/c1-4-13(16)15-8-7-14(17-15)12-9-10(2)5-6-11(12)3/h5-9H,4H2,1-3H3. The predicted octanol–water partition coefficient (Wildman–Crippen LogP) is 4.16. The molecule has 0 fully saturated rings. The quantitative estimate of drug-likeness (QED) is 0.738. The molecule has 0 amide bonds. The number of carbonyl (C=O) groups excluding carboxylic acids is 1. The van der Waals surface area contributed by atoms with Gasteiger partial charge in [0.1, 0.15) is 5.76 Å². The second-order valence-corrected chi connectivity index (χ2v) is 4.26. The lowest BCUT2D eigenvalue weighted by Gasteiger charge is -2.03. The van der Waals surface area contributed by atoms with Crippen LogP contribution in [-0.4, -0.2) is 5.78 Å². The number of furan rings is 1. The van der Waals surface area contributed by atoms with Crippen LogP contribution in [0.15, 0.2) is 34.7 Å². The lowest BCUT2D eigenvalue weighted by atomic mass is 10.0. The monoisotopic (exact) mass is 228 g/mol. The first-order valence-electron chi connectivity index (χ1n) is 5.82. The lowest BCUT2D eigenvalue weighted by molar-refractivity contribution is 0.0962. The minimum Gasteiger partial charge on any atom is -0.453 e. The van der Waals surface area contributed by atoms with Gasteiger partial charge in [0.2, 0.25) is 0 Å². The van der Waals surface area contributed by atoms with Crippen LogP contribution in [0.5, 0.6) is 0 Å². The fraction of sp³-hybridized carbons (Fsp3) is 0.267. The fourth-order valence-corrected chi connectivity index (χ4v) is 1.81. The highest BCUT2D eigenvalue weighted by atomic mass is 16.3. The molecule has 0 atom stereocenters. The summed E-state index contributed by atoms with van der Waals surface area (Å²) in [4.78, 5) is 11.5. The van der Waals surface area contributed by atoms with E-state index in [4.69, 9.17) is 4.42 Å². The molecule has 1 aromatic carbocycles. The van der Waals surface area contributed by atoms with Gasteiger partial charge in [0.05, 0.1) is 0 Å². The summed E-state index contributed by atoms with van der Waals surface area (Å²) in [6, 6.07) is 9.83. The average Bonchev–Trinajstić information content (AvgIpc) is 2.80. The molecule has 0 radical (unpaired) electrons. The van der Waals surface area contributed by atoms with Crippen molar-refractivity contribution in [3.63, 3.8) is 0 Å². The highest BCUT2D eigenvalue weighted by molar-refractivity contribution is 5.93. The average molecular weight is 228 g/mol. The van der Waals surface area contributed by atoms with E-state index in [1.165, 1.54) is 5.56 Å². The van der Waals surface area contributed by atoms with Crippen LogP contribution in [0.25, 0.3) is 11.3 Å². The molecule has 0 bridgehead atoms. The molecule has 0 aliphatic heterocycles. The molecule has 88 valence electrons. The topological polar surface area (TPSA) is 30.2 Å². The molecule has 2 aromatic rings. The Labute approximate surface area is 101 Å². The summed E-state index contributed by atoms with van der Waals surface area (Å²) in [6.45, 7) is 5.92. The number of aryl methyl sites for hydroxylation is 2. The van der Waals surface area contributed by atoms with Gasteiger partial charge < -0.3 is 4.42 Å². The Hall–Kier alpha value is -1.83. The van der Waals surface area contributed by atoms with E-state index in [-0.39, 0.29) is 5.78 Å². The summed E-state index contributed by atoms with van der Waals surface area (Å²) >= 11 is 0. The molecule has 17 heavy (non-hydrogen) atoms. The van der Waals surface area contributed by atoms with Gasteiger partial charge in [0.15, 0.2) is 11.5 Å². The Morgan fingerprint density at radius 1 is 1.18 bits per heavy atom. The number of rotatable bonds is 3. The molecule has 0 unspecified atom stereocenters. The van der Waals surface area contributed by atoms with Crippen molar-refractivity contribution in [3.8, 4) is 11.3 Å². The Kier molecular flexibility index (Phi) is 3.14. The van der Waals surface area contributed by atoms with Crippen molar-refractivity contribution in [1.29, 1.82) is 0 Å². The van der Waals surface area contributed by atoms with Crippen LogP contribution in [0.3, 0.4) is 0 Å². The summed E-state index contributed by atoms with van der Waals surface area (Å²) in [5.74, 6) is 1.26. The van der Waals surface area contributed by atoms with Crippen LogP contribution in [0.1, 0.15) is 35.0 Å². The van der Waals surface area contributed by atoms with E-state index in [0.29, 0.717) is 12.2 Å². The summed E-state index contributed by atoms with van der Waals surface area (Å²) in [7, 11) is 0. The van der Waals surface area contributed by atoms with Crippen molar-refractivity contribution in [2.24, 2.45) is 0 Å². The second kappa shape index (κ2) is 4.58. The second-order valence-electron chi connectivity index (χ2n) is 4.26. The lowest BCUT2D eigenvalue weighted by Crippen LogP contribution is -1.92. The molecule has 0 aliphatic carbocycles. The first kappa shape index (κ1) is 11.6. The van der Waals surface area contributed by atoms with Crippen LogP contribution in [-0.2, 0) is 0 Å². The zero-order valence-corrected chi connectivity index (χ0v) is 10.4. The van der Waals surface area contributed by atoms with E-state index in [1.807, 2.05) is 26.8 Å². The van der Waals surface area contributed by atoms with Crippen LogP contribution in [0.4, 0.5) is 0 Å². The molecule has 0 aliphatic rings. The summed E-state index contributed by atoms with van der Waals surface area (Å²) in [6.07, 6.45) is 0.472. The maximum absolute atomic E-state index is 11.5. The van der Waals surface area contributed by atoms with Crippen molar-refractivity contribution in [2.45, 2.75) is 27.2 Å². The first-order valence-corrected chi connectivity index (χ1v) is 5.82. The highest BCUT2D eigenvalue weighted by Gasteiger charge is 2.11. The number of Topliss-reactive ketones (excluding diaryl/α,β-unsaturated/α-hetero) is 1.